The molecule has 1 heterocycles. The zero-order valence-electron chi connectivity index (χ0n) is 16.5. The van der Waals surface area contributed by atoms with Crippen molar-refractivity contribution in [2.75, 3.05) is 32.8 Å². The Morgan fingerprint density at radius 2 is 1.59 bits per heavy atom. The molecule has 0 saturated carbocycles. The molecule has 0 bridgehead atoms. The van der Waals surface area contributed by atoms with E-state index in [0.717, 1.165) is 64.1 Å². The van der Waals surface area contributed by atoms with Crippen molar-refractivity contribution >= 4 is 0 Å². The first-order valence-electron chi connectivity index (χ1n) is 10.4. The van der Waals surface area contributed by atoms with E-state index >= 15 is 0 Å². The summed E-state index contributed by atoms with van der Waals surface area (Å²) in [4.78, 5) is 2.44. The molecule has 0 aromatic heterocycles. The second-order valence-corrected chi connectivity index (χ2v) is 7.62. The van der Waals surface area contributed by atoms with Crippen LogP contribution in [0.15, 0.2) is 60.7 Å². The van der Waals surface area contributed by atoms with Gasteiger partial charge in [-0.3, -0.25) is 4.90 Å². The maximum atomic E-state index is 12.1. The average molecular weight is 368 g/mol. The fourth-order valence-corrected chi connectivity index (χ4v) is 4.15. The number of unbranched alkanes of at least 4 members (excludes halogenated alkanes) is 2. The highest BCUT2D eigenvalue weighted by molar-refractivity contribution is 5.31. The van der Waals surface area contributed by atoms with Crippen LogP contribution in [0.2, 0.25) is 0 Å². The molecule has 1 N–H and O–H groups in total. The van der Waals surface area contributed by atoms with Crippen molar-refractivity contribution in [1.29, 1.82) is 0 Å². The molecule has 1 aliphatic heterocycles. The summed E-state index contributed by atoms with van der Waals surface area (Å²) in [7, 11) is 0. The Bertz CT molecular complexity index is 655. The molecule has 146 valence electrons. The molecule has 3 rings (SSSR count). The summed E-state index contributed by atoms with van der Waals surface area (Å²) in [5, 5.41) is 12.1. The third-order valence-electron chi connectivity index (χ3n) is 5.76. The summed E-state index contributed by atoms with van der Waals surface area (Å²) in [5.74, 6) is 0.0380. The van der Waals surface area contributed by atoms with Gasteiger partial charge >= 0.3 is 0 Å². The van der Waals surface area contributed by atoms with Crippen molar-refractivity contribution in [2.24, 2.45) is 0 Å². The van der Waals surface area contributed by atoms with Crippen molar-refractivity contribution in [3.05, 3.63) is 71.8 Å². The summed E-state index contributed by atoms with van der Waals surface area (Å²) in [6.45, 7) is 6.49. The van der Waals surface area contributed by atoms with Crippen LogP contribution in [0.25, 0.3) is 0 Å². The third kappa shape index (κ3) is 5.19. The smallest absolute Gasteiger partial charge is 0.0977 e. The molecular weight excluding hydrogens is 334 g/mol. The van der Waals surface area contributed by atoms with Gasteiger partial charge in [0.05, 0.1) is 18.8 Å². The SMILES string of the molecule is CCCCC[C@](O)(c1ccccc1)[C@H](CN1CCOCC1)c1ccccc1. The molecule has 2 aromatic carbocycles. The van der Waals surface area contributed by atoms with E-state index in [-0.39, 0.29) is 5.92 Å². The molecule has 1 fully saturated rings. The Balaban J connectivity index is 1.95. The van der Waals surface area contributed by atoms with E-state index in [2.05, 4.69) is 48.2 Å². The largest absolute Gasteiger partial charge is 0.384 e. The monoisotopic (exact) mass is 367 g/mol. The molecule has 27 heavy (non-hydrogen) atoms. The minimum absolute atomic E-state index is 0.0380. The summed E-state index contributed by atoms with van der Waals surface area (Å²) < 4.78 is 5.53. The van der Waals surface area contributed by atoms with Crippen molar-refractivity contribution in [3.63, 3.8) is 0 Å². The zero-order chi connectivity index (χ0) is 19.0. The molecule has 3 heteroatoms. The van der Waals surface area contributed by atoms with Crippen LogP contribution < -0.4 is 0 Å². The van der Waals surface area contributed by atoms with Crippen molar-refractivity contribution < 1.29 is 9.84 Å². The Morgan fingerprint density at radius 1 is 0.963 bits per heavy atom. The second-order valence-electron chi connectivity index (χ2n) is 7.62. The fraction of sp³-hybridized carbons (Fsp3) is 0.500. The molecule has 0 radical (unpaired) electrons. The lowest BCUT2D eigenvalue weighted by Gasteiger charge is -2.41. The molecule has 0 unspecified atom stereocenters. The summed E-state index contributed by atoms with van der Waals surface area (Å²) in [6.07, 6.45) is 4.13. The predicted molar refractivity (Wildman–Crippen MR) is 111 cm³/mol. The minimum atomic E-state index is -0.865. The number of aliphatic hydroxyl groups is 1. The van der Waals surface area contributed by atoms with Crippen LogP contribution in [0.4, 0.5) is 0 Å². The van der Waals surface area contributed by atoms with Crippen LogP contribution >= 0.6 is 0 Å². The standard InChI is InChI=1S/C24H33NO2/c1-2-3-10-15-24(26,22-13-8-5-9-14-22)23(21-11-6-4-7-12-21)20-25-16-18-27-19-17-25/h4-9,11-14,23,26H,2-3,10,15-20H2,1H3/t23-,24+/m1/s1. The number of hydrogen-bond acceptors (Lipinski definition) is 3. The van der Waals surface area contributed by atoms with Crippen LogP contribution in [0.5, 0.6) is 0 Å². The first-order valence-corrected chi connectivity index (χ1v) is 10.4. The molecule has 1 aliphatic rings. The molecule has 2 aromatic rings. The highest BCUT2D eigenvalue weighted by Gasteiger charge is 2.39. The molecule has 0 amide bonds. The summed E-state index contributed by atoms with van der Waals surface area (Å²) in [6, 6.07) is 20.8. The van der Waals surface area contributed by atoms with Crippen LogP contribution in [-0.4, -0.2) is 42.9 Å². The fourth-order valence-electron chi connectivity index (χ4n) is 4.15. The van der Waals surface area contributed by atoms with E-state index in [1.165, 1.54) is 5.56 Å². The third-order valence-corrected chi connectivity index (χ3v) is 5.76. The van der Waals surface area contributed by atoms with Gasteiger partial charge in [0.2, 0.25) is 0 Å². The molecular formula is C24H33NO2. The topological polar surface area (TPSA) is 32.7 Å². The van der Waals surface area contributed by atoms with E-state index in [9.17, 15) is 5.11 Å². The van der Waals surface area contributed by atoms with Gasteiger partial charge in [0, 0.05) is 25.6 Å². The molecule has 3 nitrogen and oxygen atoms in total. The molecule has 0 spiro atoms. The van der Waals surface area contributed by atoms with E-state index in [4.69, 9.17) is 4.74 Å². The Hall–Kier alpha value is -1.68. The first kappa shape index (κ1) is 20.1. The Kier molecular flexibility index (Phi) is 7.45. The maximum Gasteiger partial charge on any atom is 0.0977 e. The van der Waals surface area contributed by atoms with E-state index in [1.807, 2.05) is 24.3 Å². The Morgan fingerprint density at radius 3 is 2.22 bits per heavy atom. The van der Waals surface area contributed by atoms with Crippen LogP contribution in [0.1, 0.15) is 49.7 Å². The lowest BCUT2D eigenvalue weighted by molar-refractivity contribution is -0.0295. The van der Waals surface area contributed by atoms with Gasteiger partial charge in [-0.2, -0.15) is 0 Å². The predicted octanol–water partition coefficient (Wildman–Crippen LogP) is 4.57. The van der Waals surface area contributed by atoms with Gasteiger partial charge in [-0.1, -0.05) is 86.8 Å². The van der Waals surface area contributed by atoms with Gasteiger partial charge in [0.25, 0.3) is 0 Å². The lowest BCUT2D eigenvalue weighted by atomic mass is 9.74. The number of hydrogen-bond donors (Lipinski definition) is 1. The van der Waals surface area contributed by atoms with Gasteiger partial charge in [0.1, 0.15) is 0 Å². The van der Waals surface area contributed by atoms with Crippen LogP contribution in [0.3, 0.4) is 0 Å². The van der Waals surface area contributed by atoms with Gasteiger partial charge in [-0.05, 0) is 17.5 Å². The lowest BCUT2D eigenvalue weighted by Crippen LogP contribution is -2.45. The zero-order valence-corrected chi connectivity index (χ0v) is 16.5. The van der Waals surface area contributed by atoms with E-state index in [0.29, 0.717) is 0 Å². The molecule has 0 aliphatic carbocycles. The molecule has 2 atom stereocenters. The number of benzene rings is 2. The van der Waals surface area contributed by atoms with Gasteiger partial charge in [-0.25, -0.2) is 0 Å². The minimum Gasteiger partial charge on any atom is -0.384 e. The quantitative estimate of drug-likeness (QED) is 0.659. The molecule has 1 saturated heterocycles. The van der Waals surface area contributed by atoms with Gasteiger partial charge in [-0.15, -0.1) is 0 Å². The maximum absolute atomic E-state index is 12.1. The first-order chi connectivity index (χ1) is 13.2. The average Bonchev–Trinajstić information content (AvgIpc) is 2.74. The van der Waals surface area contributed by atoms with E-state index in [1.54, 1.807) is 0 Å². The van der Waals surface area contributed by atoms with Crippen molar-refractivity contribution in [3.8, 4) is 0 Å². The van der Waals surface area contributed by atoms with Gasteiger partial charge in [0.15, 0.2) is 0 Å². The number of ether oxygens (including phenoxy) is 1. The highest BCUT2D eigenvalue weighted by atomic mass is 16.5. The van der Waals surface area contributed by atoms with Gasteiger partial charge < -0.3 is 9.84 Å². The van der Waals surface area contributed by atoms with Crippen molar-refractivity contribution in [1.82, 2.24) is 4.90 Å². The van der Waals surface area contributed by atoms with Crippen LogP contribution in [0, 0.1) is 0 Å². The number of nitrogens with zero attached hydrogens (tertiary/aromatic N) is 1. The van der Waals surface area contributed by atoms with Crippen LogP contribution in [-0.2, 0) is 10.3 Å². The van der Waals surface area contributed by atoms with Crippen molar-refractivity contribution in [2.45, 2.75) is 44.1 Å². The van der Waals surface area contributed by atoms with E-state index < -0.39 is 5.60 Å². The number of rotatable bonds is 9. The normalized spacial score (nSPS) is 18.7. The second kappa shape index (κ2) is 10.0. The Labute approximate surface area is 164 Å². The number of morpholine rings is 1. The summed E-state index contributed by atoms with van der Waals surface area (Å²) in [5.41, 5.74) is 1.38. The summed E-state index contributed by atoms with van der Waals surface area (Å²) >= 11 is 0. The highest BCUT2D eigenvalue weighted by Crippen LogP contribution is 2.41.